The van der Waals surface area contributed by atoms with Crippen LogP contribution in [0.1, 0.15) is 0 Å². The molecule has 0 saturated heterocycles. The lowest BCUT2D eigenvalue weighted by Crippen LogP contribution is -2.41. The quantitative estimate of drug-likeness (QED) is 0.760. The number of hydrogen-bond acceptors (Lipinski definition) is 2. The van der Waals surface area contributed by atoms with Gasteiger partial charge in [-0.3, -0.25) is 0 Å². The van der Waals surface area contributed by atoms with Crippen LogP contribution in [-0.2, 0) is 0 Å². The predicted molar refractivity (Wildman–Crippen MR) is 59.2 cm³/mol. The van der Waals surface area contributed by atoms with Crippen molar-refractivity contribution in [3.05, 3.63) is 21.7 Å². The summed E-state index contributed by atoms with van der Waals surface area (Å²) in [5.74, 6) is 0. The first-order valence-electron chi connectivity index (χ1n) is 3.78. The van der Waals surface area contributed by atoms with E-state index >= 15 is 0 Å². The number of allylic oxidation sites excluding steroid dienone is 2. The van der Waals surface area contributed by atoms with E-state index in [0.717, 1.165) is 0 Å². The molecule has 0 heterocycles. The van der Waals surface area contributed by atoms with Crippen LogP contribution in [0.5, 0.6) is 0 Å². The molecule has 0 aromatic carbocycles. The number of rotatable bonds is 2. The summed E-state index contributed by atoms with van der Waals surface area (Å²) in [6.45, 7) is -0.742. The van der Waals surface area contributed by atoms with Gasteiger partial charge in [-0.1, -0.05) is 23.2 Å². The third-order valence-electron chi connectivity index (χ3n) is 2.07. The molecular weight excluding hydrogens is 270 g/mol. The molecule has 0 fully saturated rings. The van der Waals surface area contributed by atoms with Gasteiger partial charge < -0.3 is 10.2 Å². The zero-order chi connectivity index (χ0) is 10.9. The van der Waals surface area contributed by atoms with E-state index in [1.54, 1.807) is 0 Å². The molecule has 6 heteroatoms. The maximum atomic E-state index is 9.10. The number of alkyl halides is 2. The Bertz CT molecular complexity index is 300. The first-order chi connectivity index (χ1) is 6.47. The number of aliphatic hydroxyl groups excluding tert-OH is 2. The van der Waals surface area contributed by atoms with E-state index < -0.39 is 16.9 Å². The molecule has 0 bridgehead atoms. The summed E-state index contributed by atoms with van der Waals surface area (Å²) < 4.78 is 0. The molecule has 1 aliphatic rings. The molecule has 1 rings (SSSR count). The van der Waals surface area contributed by atoms with Crippen LogP contribution in [0.2, 0.25) is 0 Å². The van der Waals surface area contributed by atoms with Gasteiger partial charge in [-0.05, 0) is 11.6 Å². The van der Waals surface area contributed by atoms with Gasteiger partial charge in [-0.15, -0.1) is 23.2 Å². The van der Waals surface area contributed by atoms with Crippen molar-refractivity contribution in [1.29, 1.82) is 0 Å². The van der Waals surface area contributed by atoms with Crippen molar-refractivity contribution in [3.8, 4) is 0 Å². The van der Waals surface area contributed by atoms with Gasteiger partial charge in [0.1, 0.15) is 4.87 Å². The highest BCUT2D eigenvalue weighted by Gasteiger charge is 2.43. The van der Waals surface area contributed by atoms with E-state index in [2.05, 4.69) is 0 Å². The van der Waals surface area contributed by atoms with Gasteiger partial charge >= 0.3 is 0 Å². The molecule has 0 spiro atoms. The summed E-state index contributed by atoms with van der Waals surface area (Å²) in [6.07, 6.45) is 1.39. The fraction of sp³-hybridized carbons (Fsp3) is 0.500. The number of halogens is 4. The summed E-state index contributed by atoms with van der Waals surface area (Å²) in [5, 5.41) is 17.7. The van der Waals surface area contributed by atoms with Gasteiger partial charge in [0.25, 0.3) is 0 Å². The molecule has 0 amide bonds. The van der Waals surface area contributed by atoms with Gasteiger partial charge in [-0.25, -0.2) is 0 Å². The van der Waals surface area contributed by atoms with E-state index in [0.29, 0.717) is 5.57 Å². The summed E-state index contributed by atoms with van der Waals surface area (Å²) in [6, 6.07) is 0. The summed E-state index contributed by atoms with van der Waals surface area (Å²) in [5.41, 5.74) is 0.363. The highest BCUT2D eigenvalue weighted by atomic mass is 35.5. The molecule has 2 atom stereocenters. The van der Waals surface area contributed by atoms with Crippen LogP contribution >= 0.6 is 46.4 Å². The molecule has 0 aromatic rings. The van der Waals surface area contributed by atoms with Crippen molar-refractivity contribution >= 4 is 46.4 Å². The molecule has 0 aromatic heterocycles. The van der Waals surface area contributed by atoms with Gasteiger partial charge in [-0.2, -0.15) is 0 Å². The van der Waals surface area contributed by atoms with Crippen LogP contribution in [-0.4, -0.2) is 33.7 Å². The van der Waals surface area contributed by atoms with Crippen LogP contribution in [0.15, 0.2) is 21.7 Å². The van der Waals surface area contributed by atoms with Crippen molar-refractivity contribution in [2.24, 2.45) is 0 Å². The molecule has 2 N–H and O–H groups in total. The normalized spacial score (nSPS) is 33.3. The Hall–Kier alpha value is 0.560. The average Bonchev–Trinajstić information content (AvgIpc) is 2.15. The smallest absolute Gasteiger partial charge is 0.123 e. The summed E-state index contributed by atoms with van der Waals surface area (Å²) in [4.78, 5) is -1.29. The largest absolute Gasteiger partial charge is 0.394 e. The number of hydrogen-bond donors (Lipinski definition) is 2. The Morgan fingerprint density at radius 2 is 1.93 bits per heavy atom. The molecule has 80 valence electrons. The van der Waals surface area contributed by atoms with E-state index in [1.807, 2.05) is 0 Å². The van der Waals surface area contributed by atoms with Crippen LogP contribution in [0.25, 0.3) is 0 Å². The van der Waals surface area contributed by atoms with Crippen LogP contribution in [0, 0.1) is 0 Å². The molecule has 0 aliphatic heterocycles. The second-order valence-corrected chi connectivity index (χ2v) is 4.83. The molecule has 0 saturated carbocycles. The fourth-order valence-corrected chi connectivity index (χ4v) is 2.44. The van der Waals surface area contributed by atoms with Crippen LogP contribution in [0.3, 0.4) is 0 Å². The van der Waals surface area contributed by atoms with Gasteiger partial charge in [0, 0.05) is 10.1 Å². The molecular formula is C8H8Cl4O2. The van der Waals surface area contributed by atoms with Gasteiger partial charge in [0.05, 0.1) is 18.6 Å². The molecule has 1 aliphatic carbocycles. The Balaban J connectivity index is 3.18. The van der Waals surface area contributed by atoms with Gasteiger partial charge in [0.15, 0.2) is 0 Å². The van der Waals surface area contributed by atoms with E-state index in [9.17, 15) is 0 Å². The molecule has 0 radical (unpaired) electrons. The third kappa shape index (κ3) is 1.92. The predicted octanol–water partition coefficient (Wildman–Crippen LogP) is 2.19. The highest BCUT2D eigenvalue weighted by Crippen LogP contribution is 2.43. The highest BCUT2D eigenvalue weighted by molar-refractivity contribution is 6.46. The van der Waals surface area contributed by atoms with Crippen molar-refractivity contribution in [2.75, 3.05) is 13.2 Å². The minimum absolute atomic E-state index is 0.170. The second kappa shape index (κ2) is 4.60. The SMILES string of the molecule is OCC1=C(Cl)C=C(Cl)C(Cl)(CO)C1Cl. The Morgan fingerprint density at radius 3 is 2.36 bits per heavy atom. The number of aliphatic hydroxyl groups is 2. The van der Waals surface area contributed by atoms with Gasteiger partial charge in [0.2, 0.25) is 0 Å². The first-order valence-corrected chi connectivity index (χ1v) is 5.35. The standard InChI is InChI=1S/C8H8Cl4O2/c9-5-1-6(10)8(12,3-14)7(11)4(5)2-13/h1,7,13-14H,2-3H2. The zero-order valence-corrected chi connectivity index (χ0v) is 10.00. The van der Waals surface area contributed by atoms with E-state index in [4.69, 9.17) is 56.6 Å². The zero-order valence-electron chi connectivity index (χ0n) is 6.98. The maximum Gasteiger partial charge on any atom is 0.123 e. The van der Waals surface area contributed by atoms with Crippen molar-refractivity contribution in [2.45, 2.75) is 10.3 Å². The lowest BCUT2D eigenvalue weighted by molar-refractivity contribution is 0.256. The lowest BCUT2D eigenvalue weighted by atomic mass is 9.93. The Kier molecular flexibility index (Phi) is 4.15. The average molecular weight is 278 g/mol. The first kappa shape index (κ1) is 12.6. The minimum atomic E-state index is -1.29. The lowest BCUT2D eigenvalue weighted by Gasteiger charge is -2.34. The van der Waals surface area contributed by atoms with Crippen molar-refractivity contribution in [3.63, 3.8) is 0 Å². The molecule has 2 nitrogen and oxygen atoms in total. The van der Waals surface area contributed by atoms with E-state index in [-0.39, 0.29) is 16.7 Å². The fourth-order valence-electron chi connectivity index (χ4n) is 1.15. The topological polar surface area (TPSA) is 40.5 Å². The van der Waals surface area contributed by atoms with E-state index in [1.165, 1.54) is 6.08 Å². The molecule has 14 heavy (non-hydrogen) atoms. The Labute approximate surface area is 102 Å². The summed E-state index contributed by atoms with van der Waals surface area (Å²) in [7, 11) is 0. The minimum Gasteiger partial charge on any atom is -0.394 e. The van der Waals surface area contributed by atoms with Crippen LogP contribution < -0.4 is 0 Å². The Morgan fingerprint density at radius 1 is 1.36 bits per heavy atom. The molecule has 2 unspecified atom stereocenters. The summed E-state index contributed by atoms with van der Waals surface area (Å²) >= 11 is 23.6. The monoisotopic (exact) mass is 276 g/mol. The van der Waals surface area contributed by atoms with Crippen molar-refractivity contribution in [1.82, 2.24) is 0 Å². The second-order valence-electron chi connectivity index (χ2n) is 2.91. The third-order valence-corrected chi connectivity index (χ3v) is 4.25. The van der Waals surface area contributed by atoms with Crippen molar-refractivity contribution < 1.29 is 10.2 Å². The van der Waals surface area contributed by atoms with Crippen LogP contribution in [0.4, 0.5) is 0 Å². The maximum absolute atomic E-state index is 9.10.